The molecule has 86 valence electrons. The molecule has 0 amide bonds. The summed E-state index contributed by atoms with van der Waals surface area (Å²) < 4.78 is 1.99. The van der Waals surface area contributed by atoms with Crippen LogP contribution in [0, 0.1) is 0 Å². The first kappa shape index (κ1) is 12.5. The van der Waals surface area contributed by atoms with Gasteiger partial charge in [-0.2, -0.15) is 5.10 Å². The molecule has 1 N–H and O–H groups in total. The predicted molar refractivity (Wildman–Crippen MR) is 64.5 cm³/mol. The van der Waals surface area contributed by atoms with Gasteiger partial charge in [0.15, 0.2) is 0 Å². The molecule has 0 saturated carbocycles. The number of hydrogen-bond acceptors (Lipinski definition) is 2. The van der Waals surface area contributed by atoms with Crippen molar-refractivity contribution in [1.29, 1.82) is 0 Å². The fourth-order valence-electron chi connectivity index (χ4n) is 1.52. The van der Waals surface area contributed by atoms with Crippen molar-refractivity contribution in [1.82, 2.24) is 15.1 Å². The lowest BCUT2D eigenvalue weighted by molar-refractivity contribution is 0.498. The number of hydrogen-bond donors (Lipinski definition) is 1. The molecule has 4 heteroatoms. The van der Waals surface area contributed by atoms with E-state index in [1.807, 2.05) is 4.68 Å². The zero-order valence-corrected chi connectivity index (χ0v) is 10.7. The first-order valence-corrected chi connectivity index (χ1v) is 5.85. The SMILES string of the molecule is CC(C)NCCc1c(Cl)cnn1C(C)C. The molecule has 3 nitrogen and oxygen atoms in total. The summed E-state index contributed by atoms with van der Waals surface area (Å²) in [5.41, 5.74) is 1.12. The van der Waals surface area contributed by atoms with Gasteiger partial charge in [0.1, 0.15) is 0 Å². The number of aromatic nitrogens is 2. The molecule has 0 bridgehead atoms. The minimum absolute atomic E-state index is 0.367. The summed E-state index contributed by atoms with van der Waals surface area (Å²) in [5, 5.41) is 8.42. The second kappa shape index (κ2) is 5.52. The van der Waals surface area contributed by atoms with Crippen molar-refractivity contribution in [2.45, 2.75) is 46.2 Å². The van der Waals surface area contributed by atoms with Crippen LogP contribution < -0.4 is 5.32 Å². The topological polar surface area (TPSA) is 29.9 Å². The van der Waals surface area contributed by atoms with Crippen molar-refractivity contribution in [3.8, 4) is 0 Å². The third-order valence-corrected chi connectivity index (χ3v) is 2.57. The van der Waals surface area contributed by atoms with Crippen LogP contribution in [0.2, 0.25) is 5.02 Å². The molecule has 0 aromatic carbocycles. The standard InChI is InChI=1S/C11H20ClN3/c1-8(2)13-6-5-11-10(12)7-14-15(11)9(3)4/h7-9,13H,5-6H2,1-4H3. The van der Waals surface area contributed by atoms with Crippen molar-refractivity contribution in [3.05, 3.63) is 16.9 Å². The molecule has 0 spiro atoms. The Morgan fingerprint density at radius 2 is 2.07 bits per heavy atom. The van der Waals surface area contributed by atoms with Crippen LogP contribution in [0.4, 0.5) is 0 Å². The maximum atomic E-state index is 6.09. The quantitative estimate of drug-likeness (QED) is 0.842. The van der Waals surface area contributed by atoms with E-state index < -0.39 is 0 Å². The number of rotatable bonds is 5. The van der Waals surface area contributed by atoms with E-state index in [2.05, 4.69) is 38.1 Å². The largest absolute Gasteiger partial charge is 0.314 e. The molecule has 1 aromatic heterocycles. The molecular formula is C11H20ClN3. The molecule has 15 heavy (non-hydrogen) atoms. The van der Waals surface area contributed by atoms with Gasteiger partial charge in [0, 0.05) is 25.0 Å². The van der Waals surface area contributed by atoms with Crippen molar-refractivity contribution in [3.63, 3.8) is 0 Å². The maximum absolute atomic E-state index is 6.09. The summed E-state index contributed by atoms with van der Waals surface area (Å²) in [5.74, 6) is 0. The van der Waals surface area contributed by atoms with Crippen molar-refractivity contribution >= 4 is 11.6 Å². The zero-order valence-electron chi connectivity index (χ0n) is 9.92. The molecule has 0 unspecified atom stereocenters. The molecule has 0 aliphatic rings. The molecule has 0 aliphatic heterocycles. The summed E-state index contributed by atoms with van der Waals surface area (Å²) in [4.78, 5) is 0. The van der Waals surface area contributed by atoms with Gasteiger partial charge in [-0.15, -0.1) is 0 Å². The molecule has 0 fully saturated rings. The van der Waals surface area contributed by atoms with Gasteiger partial charge in [-0.3, -0.25) is 4.68 Å². The molecule has 1 rings (SSSR count). The van der Waals surface area contributed by atoms with Gasteiger partial charge in [0.2, 0.25) is 0 Å². The Balaban J connectivity index is 2.62. The summed E-state index contributed by atoms with van der Waals surface area (Å²) >= 11 is 6.09. The third kappa shape index (κ3) is 3.50. The Morgan fingerprint density at radius 1 is 1.40 bits per heavy atom. The summed E-state index contributed by atoms with van der Waals surface area (Å²) in [6.07, 6.45) is 2.65. The molecule has 1 heterocycles. The van der Waals surface area contributed by atoms with Crippen LogP contribution >= 0.6 is 11.6 Å². The van der Waals surface area contributed by atoms with Crippen LogP contribution in [0.1, 0.15) is 39.4 Å². The monoisotopic (exact) mass is 229 g/mol. The van der Waals surface area contributed by atoms with Crippen molar-refractivity contribution in [2.24, 2.45) is 0 Å². The Kier molecular flexibility index (Phi) is 4.61. The summed E-state index contributed by atoms with van der Waals surface area (Å²) in [6.45, 7) is 9.45. The second-order valence-corrected chi connectivity index (χ2v) is 4.74. The van der Waals surface area contributed by atoms with Crippen molar-refractivity contribution < 1.29 is 0 Å². The van der Waals surface area contributed by atoms with Gasteiger partial charge < -0.3 is 5.32 Å². The lowest BCUT2D eigenvalue weighted by Gasteiger charge is -2.12. The Morgan fingerprint density at radius 3 is 2.60 bits per heavy atom. The van der Waals surface area contributed by atoms with E-state index in [4.69, 9.17) is 11.6 Å². The van der Waals surface area contributed by atoms with Crippen LogP contribution in [-0.2, 0) is 6.42 Å². The van der Waals surface area contributed by atoms with E-state index in [9.17, 15) is 0 Å². The van der Waals surface area contributed by atoms with E-state index in [1.54, 1.807) is 6.20 Å². The minimum Gasteiger partial charge on any atom is -0.314 e. The highest BCUT2D eigenvalue weighted by Crippen LogP contribution is 2.18. The van der Waals surface area contributed by atoms with E-state index in [1.165, 1.54) is 0 Å². The fourth-order valence-corrected chi connectivity index (χ4v) is 1.75. The molecular weight excluding hydrogens is 210 g/mol. The number of nitrogens with one attached hydrogen (secondary N) is 1. The first-order valence-electron chi connectivity index (χ1n) is 5.47. The van der Waals surface area contributed by atoms with E-state index >= 15 is 0 Å². The fraction of sp³-hybridized carbons (Fsp3) is 0.727. The van der Waals surface area contributed by atoms with Crippen LogP contribution in [0.25, 0.3) is 0 Å². The molecule has 0 radical (unpaired) electrons. The van der Waals surface area contributed by atoms with Crippen molar-refractivity contribution in [2.75, 3.05) is 6.54 Å². The molecule has 0 atom stereocenters. The molecule has 0 aliphatic carbocycles. The lowest BCUT2D eigenvalue weighted by Crippen LogP contribution is -2.26. The summed E-state index contributed by atoms with van der Waals surface area (Å²) in [7, 11) is 0. The van der Waals surface area contributed by atoms with Gasteiger partial charge in [-0.25, -0.2) is 0 Å². The first-order chi connectivity index (χ1) is 7.02. The van der Waals surface area contributed by atoms with Crippen LogP contribution in [0.3, 0.4) is 0 Å². The van der Waals surface area contributed by atoms with Crippen LogP contribution in [0.15, 0.2) is 6.20 Å². The average molecular weight is 230 g/mol. The van der Waals surface area contributed by atoms with Crippen LogP contribution in [0.5, 0.6) is 0 Å². The highest BCUT2D eigenvalue weighted by atomic mass is 35.5. The Hall–Kier alpha value is -0.540. The normalized spacial score (nSPS) is 11.7. The maximum Gasteiger partial charge on any atom is 0.0818 e. The Labute approximate surface area is 96.8 Å². The average Bonchev–Trinajstić information content (AvgIpc) is 2.47. The summed E-state index contributed by atoms with van der Waals surface area (Å²) in [6, 6.07) is 0.880. The second-order valence-electron chi connectivity index (χ2n) is 4.34. The number of nitrogens with zero attached hydrogens (tertiary/aromatic N) is 2. The van der Waals surface area contributed by atoms with Gasteiger partial charge in [0.25, 0.3) is 0 Å². The third-order valence-electron chi connectivity index (χ3n) is 2.25. The minimum atomic E-state index is 0.367. The van der Waals surface area contributed by atoms with Gasteiger partial charge in [-0.05, 0) is 13.8 Å². The lowest BCUT2D eigenvalue weighted by atomic mass is 10.2. The highest BCUT2D eigenvalue weighted by molar-refractivity contribution is 6.31. The van der Waals surface area contributed by atoms with E-state index in [0.717, 1.165) is 23.7 Å². The highest BCUT2D eigenvalue weighted by Gasteiger charge is 2.10. The molecule has 1 aromatic rings. The predicted octanol–water partition coefficient (Wildman–Crippen LogP) is 2.66. The Bertz CT molecular complexity index is 305. The number of halogens is 1. The smallest absolute Gasteiger partial charge is 0.0818 e. The van der Waals surface area contributed by atoms with Gasteiger partial charge >= 0.3 is 0 Å². The van der Waals surface area contributed by atoms with E-state index in [0.29, 0.717) is 12.1 Å². The molecule has 0 saturated heterocycles. The van der Waals surface area contributed by atoms with Gasteiger partial charge in [0.05, 0.1) is 16.9 Å². The van der Waals surface area contributed by atoms with Crippen LogP contribution in [-0.4, -0.2) is 22.4 Å². The van der Waals surface area contributed by atoms with Gasteiger partial charge in [-0.1, -0.05) is 25.4 Å². The zero-order chi connectivity index (χ0) is 11.4. The van der Waals surface area contributed by atoms with E-state index in [-0.39, 0.29) is 0 Å².